The molecule has 0 bridgehead atoms. The molecule has 7 heteroatoms. The quantitative estimate of drug-likeness (QED) is 0.883. The molecule has 2 N–H and O–H groups in total. The van der Waals surface area contributed by atoms with Crippen molar-refractivity contribution in [3.63, 3.8) is 0 Å². The second kappa shape index (κ2) is 4.64. The summed E-state index contributed by atoms with van der Waals surface area (Å²) in [5, 5.41) is 0. The predicted molar refractivity (Wildman–Crippen MR) is 61.3 cm³/mol. The molecule has 0 amide bonds. The molecule has 0 aromatic carbocycles. The molecule has 1 aromatic rings. The van der Waals surface area contributed by atoms with E-state index in [0.29, 0.717) is 18.8 Å². The maximum atomic E-state index is 12.6. The summed E-state index contributed by atoms with van der Waals surface area (Å²) in [5.74, 6) is 0. The lowest BCUT2D eigenvalue weighted by Gasteiger charge is -2.21. The van der Waals surface area contributed by atoms with E-state index in [9.17, 15) is 13.2 Å². The molecule has 1 atom stereocenters. The number of hydrogen-bond donors (Lipinski definition) is 1. The lowest BCUT2D eigenvalue weighted by atomic mass is 10.2. The first kappa shape index (κ1) is 12.9. The van der Waals surface area contributed by atoms with Crippen molar-refractivity contribution in [2.24, 2.45) is 0 Å². The summed E-state index contributed by atoms with van der Waals surface area (Å²) in [7, 11) is 1.59. The average Bonchev–Trinajstić information content (AvgIpc) is 2.76. The van der Waals surface area contributed by atoms with Crippen LogP contribution in [0, 0.1) is 0 Å². The number of rotatable bonds is 2. The number of anilines is 2. The standard InChI is InChI=1S/C11H14F3N3O/c1-18-7-2-3-17(6-7)9-4-10(11(12,13)14)16-5-8(9)15/h4-5,7H,2-3,6,15H2,1H3. The maximum Gasteiger partial charge on any atom is 0.433 e. The monoisotopic (exact) mass is 261 g/mol. The zero-order valence-corrected chi connectivity index (χ0v) is 9.87. The van der Waals surface area contributed by atoms with Gasteiger partial charge in [0.15, 0.2) is 0 Å². The fraction of sp³-hybridized carbons (Fsp3) is 0.545. The molecule has 18 heavy (non-hydrogen) atoms. The minimum Gasteiger partial charge on any atom is -0.396 e. The van der Waals surface area contributed by atoms with Crippen LogP contribution in [0.1, 0.15) is 12.1 Å². The molecule has 0 aliphatic carbocycles. The second-order valence-electron chi connectivity index (χ2n) is 4.22. The molecule has 2 rings (SSSR count). The average molecular weight is 261 g/mol. The van der Waals surface area contributed by atoms with Gasteiger partial charge < -0.3 is 15.4 Å². The van der Waals surface area contributed by atoms with Crippen LogP contribution in [0.4, 0.5) is 24.5 Å². The van der Waals surface area contributed by atoms with Crippen molar-refractivity contribution >= 4 is 11.4 Å². The van der Waals surface area contributed by atoms with E-state index in [-0.39, 0.29) is 11.8 Å². The van der Waals surface area contributed by atoms with Gasteiger partial charge in [-0.1, -0.05) is 0 Å². The van der Waals surface area contributed by atoms with E-state index in [2.05, 4.69) is 4.98 Å². The molecule has 2 heterocycles. The van der Waals surface area contributed by atoms with E-state index in [4.69, 9.17) is 10.5 Å². The SMILES string of the molecule is COC1CCN(c2cc(C(F)(F)F)ncc2N)C1. The minimum atomic E-state index is -4.46. The normalized spacial score (nSPS) is 20.4. The van der Waals surface area contributed by atoms with Gasteiger partial charge in [0.05, 0.1) is 23.7 Å². The minimum absolute atomic E-state index is 0.0342. The Morgan fingerprint density at radius 2 is 2.22 bits per heavy atom. The number of pyridine rings is 1. The topological polar surface area (TPSA) is 51.4 Å². The van der Waals surface area contributed by atoms with E-state index in [1.54, 1.807) is 12.0 Å². The Bertz CT molecular complexity index is 436. The molecule has 1 saturated heterocycles. The van der Waals surface area contributed by atoms with Crippen LogP contribution in [0.15, 0.2) is 12.3 Å². The van der Waals surface area contributed by atoms with Crippen molar-refractivity contribution < 1.29 is 17.9 Å². The Labute approximate surface area is 103 Å². The fourth-order valence-electron chi connectivity index (χ4n) is 2.02. The van der Waals surface area contributed by atoms with Crippen molar-refractivity contribution in [2.45, 2.75) is 18.7 Å². The summed E-state index contributed by atoms with van der Waals surface area (Å²) >= 11 is 0. The summed E-state index contributed by atoms with van der Waals surface area (Å²) < 4.78 is 42.9. The van der Waals surface area contributed by atoms with Crippen molar-refractivity contribution in [3.8, 4) is 0 Å². The number of nitrogens with zero attached hydrogens (tertiary/aromatic N) is 2. The van der Waals surface area contributed by atoms with Crippen LogP contribution in [0.2, 0.25) is 0 Å². The molecule has 1 aromatic heterocycles. The number of ether oxygens (including phenoxy) is 1. The Morgan fingerprint density at radius 3 is 2.78 bits per heavy atom. The number of nitrogen functional groups attached to an aromatic ring is 1. The van der Waals surface area contributed by atoms with Crippen LogP contribution in [-0.2, 0) is 10.9 Å². The third-order valence-electron chi connectivity index (χ3n) is 3.02. The third-order valence-corrected chi connectivity index (χ3v) is 3.02. The largest absolute Gasteiger partial charge is 0.433 e. The van der Waals surface area contributed by atoms with E-state index in [1.807, 2.05) is 0 Å². The van der Waals surface area contributed by atoms with Crippen LogP contribution in [0.5, 0.6) is 0 Å². The highest BCUT2D eigenvalue weighted by molar-refractivity contribution is 5.67. The Hall–Kier alpha value is -1.50. The lowest BCUT2D eigenvalue weighted by molar-refractivity contribution is -0.141. The Kier molecular flexibility index (Phi) is 3.34. The van der Waals surface area contributed by atoms with Gasteiger partial charge in [0.2, 0.25) is 0 Å². The van der Waals surface area contributed by atoms with Gasteiger partial charge in [-0.15, -0.1) is 0 Å². The summed E-state index contributed by atoms with van der Waals surface area (Å²) in [6.07, 6.45) is -2.59. The van der Waals surface area contributed by atoms with Crippen LogP contribution in [0.3, 0.4) is 0 Å². The van der Waals surface area contributed by atoms with Crippen LogP contribution in [0.25, 0.3) is 0 Å². The number of aromatic nitrogens is 1. The van der Waals surface area contributed by atoms with Crippen LogP contribution < -0.4 is 10.6 Å². The second-order valence-corrected chi connectivity index (χ2v) is 4.22. The molecule has 1 aliphatic rings. The Morgan fingerprint density at radius 1 is 1.50 bits per heavy atom. The molecule has 0 saturated carbocycles. The zero-order chi connectivity index (χ0) is 13.3. The lowest BCUT2D eigenvalue weighted by Crippen LogP contribution is -2.24. The first-order valence-electron chi connectivity index (χ1n) is 5.52. The number of methoxy groups -OCH3 is 1. The summed E-state index contributed by atoms with van der Waals surface area (Å²) in [5.41, 5.74) is 5.39. The zero-order valence-electron chi connectivity index (χ0n) is 9.87. The summed E-state index contributed by atoms with van der Waals surface area (Å²) in [6.45, 7) is 1.17. The van der Waals surface area contributed by atoms with E-state index >= 15 is 0 Å². The van der Waals surface area contributed by atoms with Gasteiger partial charge >= 0.3 is 6.18 Å². The number of alkyl halides is 3. The van der Waals surface area contributed by atoms with Gasteiger partial charge in [0.25, 0.3) is 0 Å². The first-order valence-corrected chi connectivity index (χ1v) is 5.52. The maximum absolute atomic E-state index is 12.6. The fourth-order valence-corrected chi connectivity index (χ4v) is 2.02. The highest BCUT2D eigenvalue weighted by atomic mass is 19.4. The molecular weight excluding hydrogens is 247 g/mol. The van der Waals surface area contributed by atoms with Gasteiger partial charge in [-0.25, -0.2) is 4.98 Å². The predicted octanol–water partition coefficient (Wildman–Crippen LogP) is 1.91. The van der Waals surface area contributed by atoms with Crippen LogP contribution >= 0.6 is 0 Å². The van der Waals surface area contributed by atoms with E-state index in [0.717, 1.165) is 18.7 Å². The van der Waals surface area contributed by atoms with E-state index < -0.39 is 11.9 Å². The molecule has 100 valence electrons. The molecule has 0 spiro atoms. The molecule has 4 nitrogen and oxygen atoms in total. The van der Waals surface area contributed by atoms with Crippen molar-refractivity contribution in [3.05, 3.63) is 18.0 Å². The highest BCUT2D eigenvalue weighted by Gasteiger charge is 2.34. The molecule has 1 fully saturated rings. The summed E-state index contributed by atoms with van der Waals surface area (Å²) in [4.78, 5) is 5.10. The molecule has 1 aliphatic heterocycles. The van der Waals surface area contributed by atoms with Gasteiger partial charge in [0.1, 0.15) is 5.69 Å². The van der Waals surface area contributed by atoms with Crippen molar-refractivity contribution in [2.75, 3.05) is 30.8 Å². The molecule has 0 radical (unpaired) electrons. The van der Waals surface area contributed by atoms with Gasteiger partial charge in [0, 0.05) is 20.2 Å². The Balaban J connectivity index is 2.27. The summed E-state index contributed by atoms with van der Waals surface area (Å²) in [6, 6.07) is 0.993. The smallest absolute Gasteiger partial charge is 0.396 e. The number of hydrogen-bond acceptors (Lipinski definition) is 4. The van der Waals surface area contributed by atoms with Crippen molar-refractivity contribution in [1.82, 2.24) is 4.98 Å². The first-order chi connectivity index (χ1) is 8.41. The van der Waals surface area contributed by atoms with E-state index in [1.165, 1.54) is 0 Å². The van der Waals surface area contributed by atoms with Crippen LogP contribution in [-0.4, -0.2) is 31.3 Å². The number of halogens is 3. The van der Waals surface area contributed by atoms with Crippen molar-refractivity contribution in [1.29, 1.82) is 0 Å². The highest BCUT2D eigenvalue weighted by Crippen LogP contribution is 2.34. The van der Waals surface area contributed by atoms with Gasteiger partial charge in [-0.3, -0.25) is 0 Å². The third kappa shape index (κ3) is 2.50. The van der Waals surface area contributed by atoms with Gasteiger partial charge in [-0.05, 0) is 12.5 Å². The number of nitrogens with two attached hydrogens (primary N) is 1. The van der Waals surface area contributed by atoms with Gasteiger partial charge in [-0.2, -0.15) is 13.2 Å². The molecular formula is C11H14F3N3O. The molecule has 1 unspecified atom stereocenters.